The molecule has 3 N–H and O–H groups in total. The van der Waals surface area contributed by atoms with Crippen molar-refractivity contribution in [1.29, 1.82) is 0 Å². The number of unbranched alkanes of at least 4 members (excludes halogenated alkanes) is 6. The van der Waals surface area contributed by atoms with Gasteiger partial charge in [-0.2, -0.15) is 0 Å². The molecule has 0 saturated carbocycles. The minimum absolute atomic E-state index is 0.119. The lowest BCUT2D eigenvalue weighted by atomic mass is 9.83. The van der Waals surface area contributed by atoms with E-state index in [0.717, 1.165) is 13.0 Å². The molecule has 3 nitrogen and oxygen atoms in total. The van der Waals surface area contributed by atoms with Crippen molar-refractivity contribution in [2.45, 2.75) is 98.1 Å². The van der Waals surface area contributed by atoms with Crippen LogP contribution >= 0.6 is 0 Å². The highest BCUT2D eigenvalue weighted by molar-refractivity contribution is 4.85. The van der Waals surface area contributed by atoms with Gasteiger partial charge in [-0.05, 0) is 18.8 Å². The third kappa shape index (κ3) is 8.93. The van der Waals surface area contributed by atoms with Crippen LogP contribution in [0.4, 0.5) is 0 Å². The fraction of sp³-hybridized carbons (Fsp3) is 1.00. The molecule has 0 aliphatic heterocycles. The van der Waals surface area contributed by atoms with E-state index >= 15 is 0 Å². The lowest BCUT2D eigenvalue weighted by Gasteiger charge is -2.36. The highest BCUT2D eigenvalue weighted by Crippen LogP contribution is 2.27. The highest BCUT2D eigenvalue weighted by Gasteiger charge is 2.31. The number of nitrogens with two attached hydrogens (primary N) is 1. The SMILES string of the molecule is CCCCCCCCCC(NN)C(OCC)C(C)(C)C. The van der Waals surface area contributed by atoms with E-state index < -0.39 is 0 Å². The number of hydrogen-bond acceptors (Lipinski definition) is 3. The van der Waals surface area contributed by atoms with E-state index in [1.807, 2.05) is 0 Å². The maximum absolute atomic E-state index is 5.93. The second-order valence-electron chi connectivity index (χ2n) is 6.93. The van der Waals surface area contributed by atoms with Crippen molar-refractivity contribution in [3.8, 4) is 0 Å². The molecule has 0 amide bonds. The van der Waals surface area contributed by atoms with Gasteiger partial charge in [0.1, 0.15) is 0 Å². The maximum atomic E-state index is 5.93. The Labute approximate surface area is 127 Å². The van der Waals surface area contributed by atoms with Gasteiger partial charge in [-0.1, -0.05) is 72.6 Å². The van der Waals surface area contributed by atoms with E-state index in [1.165, 1.54) is 44.9 Å². The van der Waals surface area contributed by atoms with Gasteiger partial charge in [0.25, 0.3) is 0 Å². The summed E-state index contributed by atoms with van der Waals surface area (Å²) >= 11 is 0. The van der Waals surface area contributed by atoms with Crippen LogP contribution in [0.15, 0.2) is 0 Å². The normalized spacial score (nSPS) is 15.3. The lowest BCUT2D eigenvalue weighted by molar-refractivity contribution is -0.0379. The molecule has 2 unspecified atom stereocenters. The third-order valence-electron chi connectivity index (χ3n) is 3.90. The van der Waals surface area contributed by atoms with Crippen LogP contribution in [0.2, 0.25) is 0 Å². The van der Waals surface area contributed by atoms with Gasteiger partial charge >= 0.3 is 0 Å². The van der Waals surface area contributed by atoms with Crippen molar-refractivity contribution in [3.63, 3.8) is 0 Å². The Kier molecular flexibility index (Phi) is 11.5. The Morgan fingerprint density at radius 1 is 0.950 bits per heavy atom. The summed E-state index contributed by atoms with van der Waals surface area (Å²) in [5.41, 5.74) is 3.10. The van der Waals surface area contributed by atoms with Crippen LogP contribution in [0.5, 0.6) is 0 Å². The molecule has 0 aliphatic carbocycles. The van der Waals surface area contributed by atoms with Gasteiger partial charge in [0.15, 0.2) is 0 Å². The van der Waals surface area contributed by atoms with Crippen LogP contribution in [-0.2, 0) is 4.74 Å². The van der Waals surface area contributed by atoms with E-state index in [2.05, 4.69) is 40.0 Å². The molecular weight excluding hydrogens is 248 g/mol. The lowest BCUT2D eigenvalue weighted by Crippen LogP contribution is -2.50. The maximum Gasteiger partial charge on any atom is 0.0789 e. The number of ether oxygens (including phenoxy) is 1. The molecule has 0 radical (unpaired) electrons. The van der Waals surface area contributed by atoms with Crippen LogP contribution in [0.3, 0.4) is 0 Å². The Morgan fingerprint density at radius 2 is 1.50 bits per heavy atom. The molecule has 0 heterocycles. The summed E-state index contributed by atoms with van der Waals surface area (Å²) in [5, 5.41) is 0. The van der Waals surface area contributed by atoms with Crippen molar-refractivity contribution < 1.29 is 4.74 Å². The zero-order valence-corrected chi connectivity index (χ0v) is 14.5. The first-order valence-electron chi connectivity index (χ1n) is 8.55. The molecule has 0 aromatic carbocycles. The molecule has 0 spiro atoms. The Hall–Kier alpha value is -0.120. The molecular formula is C17H38N2O. The fourth-order valence-electron chi connectivity index (χ4n) is 2.79. The first kappa shape index (κ1) is 19.9. The van der Waals surface area contributed by atoms with Gasteiger partial charge in [0.2, 0.25) is 0 Å². The number of nitrogens with one attached hydrogen (secondary N) is 1. The van der Waals surface area contributed by atoms with E-state index in [-0.39, 0.29) is 17.6 Å². The van der Waals surface area contributed by atoms with Crippen LogP contribution in [0, 0.1) is 5.41 Å². The van der Waals surface area contributed by atoms with E-state index in [9.17, 15) is 0 Å². The van der Waals surface area contributed by atoms with E-state index in [1.54, 1.807) is 0 Å². The topological polar surface area (TPSA) is 47.3 Å². The Balaban J connectivity index is 3.99. The van der Waals surface area contributed by atoms with Gasteiger partial charge < -0.3 is 4.74 Å². The summed E-state index contributed by atoms with van der Waals surface area (Å²) in [7, 11) is 0. The molecule has 0 aliphatic rings. The predicted molar refractivity (Wildman–Crippen MR) is 88.6 cm³/mol. The van der Waals surface area contributed by atoms with Crippen molar-refractivity contribution >= 4 is 0 Å². The standard InChI is InChI=1S/C17H38N2O/c1-6-8-9-10-11-12-13-14-15(19-18)16(20-7-2)17(3,4)5/h15-16,19H,6-14,18H2,1-5H3. The molecule has 0 aromatic heterocycles. The summed E-state index contributed by atoms with van der Waals surface area (Å²) in [5.74, 6) is 5.75. The average Bonchev–Trinajstić information content (AvgIpc) is 2.39. The fourth-order valence-corrected chi connectivity index (χ4v) is 2.79. The Morgan fingerprint density at radius 3 is 1.95 bits per heavy atom. The number of rotatable bonds is 12. The van der Waals surface area contributed by atoms with Gasteiger partial charge in [-0.15, -0.1) is 0 Å². The van der Waals surface area contributed by atoms with E-state index in [0.29, 0.717) is 0 Å². The first-order valence-corrected chi connectivity index (χ1v) is 8.55. The molecule has 20 heavy (non-hydrogen) atoms. The molecule has 0 bridgehead atoms. The second kappa shape index (κ2) is 11.5. The molecule has 3 heteroatoms. The third-order valence-corrected chi connectivity index (χ3v) is 3.90. The predicted octanol–water partition coefficient (Wildman–Crippen LogP) is 4.41. The van der Waals surface area contributed by atoms with Crippen LogP contribution in [-0.4, -0.2) is 18.8 Å². The molecule has 2 atom stereocenters. The Bertz CT molecular complexity index is 214. The van der Waals surface area contributed by atoms with Gasteiger partial charge in [-0.25, -0.2) is 0 Å². The quantitative estimate of drug-likeness (QED) is 0.317. The summed E-state index contributed by atoms with van der Waals surface area (Å²) in [4.78, 5) is 0. The summed E-state index contributed by atoms with van der Waals surface area (Å²) in [6.07, 6.45) is 10.6. The minimum Gasteiger partial charge on any atom is -0.376 e. The summed E-state index contributed by atoms with van der Waals surface area (Å²) in [6, 6.07) is 0.255. The number of hydrogen-bond donors (Lipinski definition) is 2. The highest BCUT2D eigenvalue weighted by atomic mass is 16.5. The summed E-state index contributed by atoms with van der Waals surface area (Å²) in [6.45, 7) is 11.7. The largest absolute Gasteiger partial charge is 0.376 e. The van der Waals surface area contributed by atoms with Crippen LogP contribution in [0.25, 0.3) is 0 Å². The van der Waals surface area contributed by atoms with Crippen LogP contribution < -0.4 is 11.3 Å². The van der Waals surface area contributed by atoms with Gasteiger partial charge in [0.05, 0.1) is 6.10 Å². The number of hydrazine groups is 1. The molecule has 122 valence electrons. The molecule has 0 fully saturated rings. The summed E-state index contributed by atoms with van der Waals surface area (Å²) < 4.78 is 5.93. The van der Waals surface area contributed by atoms with Crippen LogP contribution in [0.1, 0.15) is 86.0 Å². The second-order valence-corrected chi connectivity index (χ2v) is 6.93. The smallest absolute Gasteiger partial charge is 0.0789 e. The van der Waals surface area contributed by atoms with E-state index in [4.69, 9.17) is 10.6 Å². The minimum atomic E-state index is 0.119. The van der Waals surface area contributed by atoms with Crippen molar-refractivity contribution in [2.75, 3.05) is 6.61 Å². The average molecular weight is 287 g/mol. The first-order chi connectivity index (χ1) is 9.47. The van der Waals surface area contributed by atoms with Gasteiger partial charge in [-0.3, -0.25) is 11.3 Å². The van der Waals surface area contributed by atoms with Gasteiger partial charge in [0, 0.05) is 12.6 Å². The van der Waals surface area contributed by atoms with Crippen molar-refractivity contribution in [1.82, 2.24) is 5.43 Å². The zero-order chi connectivity index (χ0) is 15.4. The monoisotopic (exact) mass is 286 g/mol. The van der Waals surface area contributed by atoms with Crippen molar-refractivity contribution in [2.24, 2.45) is 11.3 Å². The molecule has 0 saturated heterocycles. The molecule has 0 aromatic rings. The zero-order valence-electron chi connectivity index (χ0n) is 14.5. The molecule has 0 rings (SSSR count). The van der Waals surface area contributed by atoms with Crippen molar-refractivity contribution in [3.05, 3.63) is 0 Å².